The molecule has 2 heterocycles. The summed E-state index contributed by atoms with van der Waals surface area (Å²) in [7, 11) is 0. The van der Waals surface area contributed by atoms with Crippen LogP contribution >= 0.6 is 47.2 Å². The molecule has 0 saturated carbocycles. The van der Waals surface area contributed by atoms with Gasteiger partial charge >= 0.3 is 0 Å². The molecular formula is C24H13Cl2NO2S2. The molecule has 0 radical (unpaired) electrons. The van der Waals surface area contributed by atoms with Crippen LogP contribution in [0.4, 0.5) is 5.69 Å². The molecule has 1 aliphatic heterocycles. The van der Waals surface area contributed by atoms with E-state index in [9.17, 15) is 4.79 Å². The Morgan fingerprint density at radius 2 is 1.77 bits per heavy atom. The SMILES string of the molecule is O=C1/C(=C\c2ccc(-c3ccc(Cl)cc3Cl)o2)SC(=S)N1c1cccc2ccccc12. The van der Waals surface area contributed by atoms with Crippen LogP contribution in [0.1, 0.15) is 5.76 Å². The highest BCUT2D eigenvalue weighted by Gasteiger charge is 2.34. The minimum Gasteiger partial charge on any atom is -0.457 e. The molecule has 0 aliphatic carbocycles. The van der Waals surface area contributed by atoms with E-state index in [1.54, 1.807) is 35.2 Å². The van der Waals surface area contributed by atoms with Crippen LogP contribution in [0.25, 0.3) is 28.2 Å². The van der Waals surface area contributed by atoms with Crippen LogP contribution in [0.15, 0.2) is 82.1 Å². The van der Waals surface area contributed by atoms with Gasteiger partial charge in [0, 0.05) is 22.0 Å². The summed E-state index contributed by atoms with van der Waals surface area (Å²) in [4.78, 5) is 15.3. The van der Waals surface area contributed by atoms with Crippen molar-refractivity contribution in [3.63, 3.8) is 0 Å². The summed E-state index contributed by atoms with van der Waals surface area (Å²) >= 11 is 19.0. The minimum atomic E-state index is -0.172. The first-order valence-electron chi connectivity index (χ1n) is 9.32. The first kappa shape index (κ1) is 20.3. The van der Waals surface area contributed by atoms with Gasteiger partial charge in [-0.2, -0.15) is 0 Å². The molecule has 3 nitrogen and oxygen atoms in total. The predicted molar refractivity (Wildman–Crippen MR) is 134 cm³/mol. The molecule has 1 fully saturated rings. The van der Waals surface area contributed by atoms with Gasteiger partial charge in [0.25, 0.3) is 5.91 Å². The molecule has 0 N–H and O–H groups in total. The maximum Gasteiger partial charge on any atom is 0.270 e. The van der Waals surface area contributed by atoms with E-state index in [0.29, 0.717) is 30.8 Å². The van der Waals surface area contributed by atoms with Crippen molar-refractivity contribution in [3.8, 4) is 11.3 Å². The fourth-order valence-electron chi connectivity index (χ4n) is 3.47. The van der Waals surface area contributed by atoms with Gasteiger partial charge in [0.15, 0.2) is 4.32 Å². The molecule has 31 heavy (non-hydrogen) atoms. The lowest BCUT2D eigenvalue weighted by Crippen LogP contribution is -2.27. The van der Waals surface area contributed by atoms with Crippen LogP contribution in [0, 0.1) is 0 Å². The van der Waals surface area contributed by atoms with E-state index in [1.165, 1.54) is 11.8 Å². The zero-order chi connectivity index (χ0) is 21.5. The van der Waals surface area contributed by atoms with Crippen molar-refractivity contribution < 1.29 is 9.21 Å². The molecule has 5 rings (SSSR count). The molecule has 1 amide bonds. The van der Waals surface area contributed by atoms with E-state index in [4.69, 9.17) is 39.8 Å². The van der Waals surface area contributed by atoms with Crippen molar-refractivity contribution in [2.24, 2.45) is 0 Å². The zero-order valence-corrected chi connectivity index (χ0v) is 19.0. The summed E-state index contributed by atoms with van der Waals surface area (Å²) in [5.41, 5.74) is 1.51. The molecule has 152 valence electrons. The Labute approximate surface area is 198 Å². The highest BCUT2D eigenvalue weighted by Crippen LogP contribution is 2.39. The van der Waals surface area contributed by atoms with E-state index >= 15 is 0 Å². The second-order valence-electron chi connectivity index (χ2n) is 6.84. The Hall–Kier alpha value is -2.57. The molecule has 1 aromatic heterocycles. The Bertz CT molecular complexity index is 1390. The fourth-order valence-corrected chi connectivity index (χ4v) is 5.24. The highest BCUT2D eigenvalue weighted by molar-refractivity contribution is 8.27. The third-order valence-corrected chi connectivity index (χ3v) is 6.75. The van der Waals surface area contributed by atoms with Crippen molar-refractivity contribution in [1.82, 2.24) is 0 Å². The van der Waals surface area contributed by atoms with Gasteiger partial charge in [-0.05, 0) is 41.8 Å². The van der Waals surface area contributed by atoms with Crippen LogP contribution in [0.2, 0.25) is 10.0 Å². The standard InChI is InChI=1S/C24H13Cl2NO2S2/c25-15-8-10-18(19(26)12-15)21-11-9-16(29-21)13-22-23(28)27(24(30)31-22)20-7-3-5-14-4-1-2-6-17(14)20/h1-13H/b22-13+. The largest absolute Gasteiger partial charge is 0.457 e. The second kappa shape index (κ2) is 8.17. The number of hydrogen-bond acceptors (Lipinski definition) is 4. The molecule has 1 saturated heterocycles. The zero-order valence-electron chi connectivity index (χ0n) is 15.8. The summed E-state index contributed by atoms with van der Waals surface area (Å²) in [5.74, 6) is 0.964. The molecule has 1 aliphatic rings. The smallest absolute Gasteiger partial charge is 0.270 e. The Morgan fingerprint density at radius 1 is 0.968 bits per heavy atom. The second-order valence-corrected chi connectivity index (χ2v) is 9.36. The summed E-state index contributed by atoms with van der Waals surface area (Å²) in [6, 6.07) is 22.6. The Morgan fingerprint density at radius 3 is 2.61 bits per heavy atom. The molecule has 0 spiro atoms. The highest BCUT2D eigenvalue weighted by atomic mass is 35.5. The van der Waals surface area contributed by atoms with Crippen LogP contribution in [0.5, 0.6) is 0 Å². The summed E-state index contributed by atoms with van der Waals surface area (Å²) in [6.45, 7) is 0. The quantitative estimate of drug-likeness (QED) is 0.220. The number of rotatable bonds is 3. The lowest BCUT2D eigenvalue weighted by molar-refractivity contribution is -0.113. The van der Waals surface area contributed by atoms with Crippen molar-refractivity contribution in [2.75, 3.05) is 4.90 Å². The number of anilines is 1. The topological polar surface area (TPSA) is 33.5 Å². The van der Waals surface area contributed by atoms with Gasteiger partial charge in [-0.25, -0.2) is 0 Å². The Kier molecular flexibility index (Phi) is 5.36. The molecule has 0 unspecified atom stereocenters. The van der Waals surface area contributed by atoms with E-state index in [1.807, 2.05) is 48.5 Å². The monoisotopic (exact) mass is 481 g/mol. The van der Waals surface area contributed by atoms with Crippen molar-refractivity contribution in [3.05, 3.63) is 93.5 Å². The van der Waals surface area contributed by atoms with Crippen molar-refractivity contribution in [1.29, 1.82) is 0 Å². The van der Waals surface area contributed by atoms with Crippen molar-refractivity contribution >= 4 is 79.9 Å². The summed E-state index contributed by atoms with van der Waals surface area (Å²) in [5, 5.41) is 3.07. The molecule has 0 bridgehead atoms. The number of amides is 1. The number of halogens is 2. The lowest BCUT2D eigenvalue weighted by Gasteiger charge is -2.17. The number of carbonyl (C=O) groups excluding carboxylic acids is 1. The van der Waals surface area contributed by atoms with Gasteiger partial charge in [-0.15, -0.1) is 0 Å². The number of nitrogens with zero attached hydrogens (tertiary/aromatic N) is 1. The van der Waals surface area contributed by atoms with E-state index < -0.39 is 0 Å². The van der Waals surface area contributed by atoms with Gasteiger partial charge in [-0.3, -0.25) is 9.69 Å². The van der Waals surface area contributed by atoms with Gasteiger partial charge in [0.05, 0.1) is 15.6 Å². The number of carbonyl (C=O) groups is 1. The van der Waals surface area contributed by atoms with Crippen LogP contribution in [-0.4, -0.2) is 10.2 Å². The molecule has 4 aromatic rings. The number of benzene rings is 3. The third kappa shape index (κ3) is 3.79. The van der Waals surface area contributed by atoms with Gasteiger partial charge in [0.2, 0.25) is 0 Å². The van der Waals surface area contributed by atoms with Gasteiger partial charge in [0.1, 0.15) is 11.5 Å². The van der Waals surface area contributed by atoms with E-state index in [2.05, 4.69) is 0 Å². The lowest BCUT2D eigenvalue weighted by atomic mass is 10.1. The Balaban J connectivity index is 1.48. The van der Waals surface area contributed by atoms with Crippen LogP contribution < -0.4 is 4.90 Å². The van der Waals surface area contributed by atoms with E-state index in [0.717, 1.165) is 22.0 Å². The number of hydrogen-bond donors (Lipinski definition) is 0. The average Bonchev–Trinajstić information content (AvgIpc) is 3.32. The fraction of sp³-hybridized carbons (Fsp3) is 0. The molecular weight excluding hydrogens is 469 g/mol. The maximum absolute atomic E-state index is 13.2. The summed E-state index contributed by atoms with van der Waals surface area (Å²) < 4.78 is 6.40. The first-order valence-corrected chi connectivity index (χ1v) is 11.3. The van der Waals surface area contributed by atoms with Gasteiger partial charge < -0.3 is 4.42 Å². The predicted octanol–water partition coefficient (Wildman–Crippen LogP) is 7.81. The average molecular weight is 482 g/mol. The van der Waals surface area contributed by atoms with Crippen LogP contribution in [0.3, 0.4) is 0 Å². The maximum atomic E-state index is 13.2. The number of thiocarbonyl (C=S) groups is 1. The summed E-state index contributed by atoms with van der Waals surface area (Å²) in [6.07, 6.45) is 1.71. The molecule has 3 aromatic carbocycles. The molecule has 7 heteroatoms. The number of furan rings is 1. The number of fused-ring (bicyclic) bond motifs is 1. The number of thioether (sulfide) groups is 1. The minimum absolute atomic E-state index is 0.172. The van der Waals surface area contributed by atoms with E-state index in [-0.39, 0.29) is 5.91 Å². The molecule has 0 atom stereocenters. The normalized spacial score (nSPS) is 15.4. The van der Waals surface area contributed by atoms with Crippen LogP contribution in [-0.2, 0) is 4.79 Å². The van der Waals surface area contributed by atoms with Gasteiger partial charge in [-0.1, -0.05) is 83.6 Å². The third-order valence-electron chi connectivity index (χ3n) is 4.90. The first-order chi connectivity index (χ1) is 15.0. The van der Waals surface area contributed by atoms with Crippen molar-refractivity contribution in [2.45, 2.75) is 0 Å².